The zero-order chi connectivity index (χ0) is 26.1. The van der Waals surface area contributed by atoms with Crippen molar-refractivity contribution in [3.63, 3.8) is 0 Å². The van der Waals surface area contributed by atoms with E-state index in [-0.39, 0.29) is 41.9 Å². The summed E-state index contributed by atoms with van der Waals surface area (Å²) in [4.78, 5) is 43.7. The van der Waals surface area contributed by atoms with Gasteiger partial charge in [-0.1, -0.05) is 12.1 Å². The maximum absolute atomic E-state index is 14.1. The largest absolute Gasteiger partial charge is 0.338 e. The van der Waals surface area contributed by atoms with E-state index >= 15 is 0 Å². The summed E-state index contributed by atoms with van der Waals surface area (Å²) in [5.41, 5.74) is 2.28. The number of carbonyl (C=O) groups is 2. The molecule has 37 heavy (non-hydrogen) atoms. The number of carbonyl (C=O) groups excluding carboxylic acids is 2. The SMILES string of the molecule is C[C@@H]1CN(C(=O)CN2CCc3sccc3[C@@H]2c2cccc(F)c2)CCN1C(=O)c1ccc([N+](=O)[O-])cc1. The summed E-state index contributed by atoms with van der Waals surface area (Å²) in [6, 6.07) is 13.8. The minimum Gasteiger partial charge on any atom is -0.338 e. The molecule has 5 rings (SSSR count). The Labute approximate surface area is 218 Å². The van der Waals surface area contributed by atoms with Crippen LogP contribution in [0.25, 0.3) is 0 Å². The molecule has 0 bridgehead atoms. The van der Waals surface area contributed by atoms with Crippen LogP contribution >= 0.6 is 11.3 Å². The average Bonchev–Trinajstić information content (AvgIpc) is 3.37. The summed E-state index contributed by atoms with van der Waals surface area (Å²) >= 11 is 1.69. The zero-order valence-electron chi connectivity index (χ0n) is 20.4. The van der Waals surface area contributed by atoms with Gasteiger partial charge in [-0.05, 0) is 60.2 Å². The molecule has 2 atom stereocenters. The lowest BCUT2D eigenvalue weighted by molar-refractivity contribution is -0.384. The lowest BCUT2D eigenvalue weighted by Gasteiger charge is -2.42. The second-order valence-corrected chi connectivity index (χ2v) is 10.5. The molecule has 8 nitrogen and oxygen atoms in total. The molecule has 1 aromatic heterocycles. The molecule has 3 aromatic rings. The van der Waals surface area contributed by atoms with Gasteiger partial charge in [-0.3, -0.25) is 24.6 Å². The Morgan fingerprint density at radius 3 is 2.59 bits per heavy atom. The van der Waals surface area contributed by atoms with Gasteiger partial charge in [0, 0.05) is 54.8 Å². The van der Waals surface area contributed by atoms with E-state index in [0.29, 0.717) is 31.7 Å². The summed E-state index contributed by atoms with van der Waals surface area (Å²) in [7, 11) is 0. The topological polar surface area (TPSA) is 87.0 Å². The maximum atomic E-state index is 14.1. The lowest BCUT2D eigenvalue weighted by atomic mass is 9.93. The van der Waals surface area contributed by atoms with Crippen LogP contribution in [-0.4, -0.2) is 70.2 Å². The molecule has 0 saturated carbocycles. The first-order valence-corrected chi connectivity index (χ1v) is 13.1. The van der Waals surface area contributed by atoms with Crippen molar-refractivity contribution in [3.8, 4) is 0 Å². The number of nitrogens with zero attached hydrogens (tertiary/aromatic N) is 4. The van der Waals surface area contributed by atoms with Gasteiger partial charge in [0.1, 0.15) is 5.82 Å². The molecule has 2 aliphatic heterocycles. The van der Waals surface area contributed by atoms with Gasteiger partial charge in [0.25, 0.3) is 11.6 Å². The van der Waals surface area contributed by atoms with E-state index in [1.807, 2.05) is 18.4 Å². The first kappa shape index (κ1) is 25.0. The highest BCUT2D eigenvalue weighted by molar-refractivity contribution is 7.10. The average molecular weight is 523 g/mol. The minimum atomic E-state index is -0.498. The molecule has 0 radical (unpaired) electrons. The minimum absolute atomic E-state index is 0.0191. The number of nitro benzene ring substituents is 1. The van der Waals surface area contributed by atoms with Gasteiger partial charge in [-0.15, -0.1) is 11.3 Å². The van der Waals surface area contributed by atoms with Crippen LogP contribution in [0.5, 0.6) is 0 Å². The Kier molecular flexibility index (Phi) is 7.03. The van der Waals surface area contributed by atoms with Crippen molar-refractivity contribution < 1.29 is 18.9 Å². The molecular formula is C27H27FN4O4S. The second kappa shape index (κ2) is 10.4. The summed E-state index contributed by atoms with van der Waals surface area (Å²) in [5, 5.41) is 12.9. The predicted octanol–water partition coefficient (Wildman–Crippen LogP) is 4.12. The van der Waals surface area contributed by atoms with Gasteiger partial charge in [0.05, 0.1) is 17.5 Å². The van der Waals surface area contributed by atoms with Gasteiger partial charge in [-0.2, -0.15) is 0 Å². The van der Waals surface area contributed by atoms with E-state index in [1.165, 1.54) is 35.2 Å². The number of nitro groups is 1. The van der Waals surface area contributed by atoms with Crippen LogP contribution in [0.15, 0.2) is 60.0 Å². The van der Waals surface area contributed by atoms with Crippen LogP contribution in [0.4, 0.5) is 10.1 Å². The molecule has 2 aromatic carbocycles. The Morgan fingerprint density at radius 2 is 1.89 bits per heavy atom. The fourth-order valence-electron chi connectivity index (χ4n) is 5.26. The number of fused-ring (bicyclic) bond motifs is 1. The molecule has 3 heterocycles. The smallest absolute Gasteiger partial charge is 0.269 e. The first-order chi connectivity index (χ1) is 17.8. The van der Waals surface area contributed by atoms with E-state index in [2.05, 4.69) is 11.0 Å². The first-order valence-electron chi connectivity index (χ1n) is 12.2. The van der Waals surface area contributed by atoms with Crippen LogP contribution in [0.3, 0.4) is 0 Å². The summed E-state index contributed by atoms with van der Waals surface area (Å²) in [6.07, 6.45) is 0.847. The number of piperazine rings is 1. The third kappa shape index (κ3) is 5.12. The molecule has 10 heteroatoms. The number of benzene rings is 2. The molecule has 2 amide bonds. The highest BCUT2D eigenvalue weighted by Gasteiger charge is 2.35. The Morgan fingerprint density at radius 1 is 1.11 bits per heavy atom. The van der Waals surface area contributed by atoms with Crippen LogP contribution in [0.2, 0.25) is 0 Å². The van der Waals surface area contributed by atoms with Crippen molar-refractivity contribution in [1.82, 2.24) is 14.7 Å². The number of thiophene rings is 1. The summed E-state index contributed by atoms with van der Waals surface area (Å²) in [6.45, 7) is 4.00. The van der Waals surface area contributed by atoms with Crippen molar-refractivity contribution in [3.05, 3.63) is 97.5 Å². The van der Waals surface area contributed by atoms with Crippen molar-refractivity contribution in [2.24, 2.45) is 0 Å². The molecule has 0 unspecified atom stereocenters. The number of non-ortho nitro benzene ring substituents is 1. The van der Waals surface area contributed by atoms with Gasteiger partial charge >= 0.3 is 0 Å². The van der Waals surface area contributed by atoms with Crippen LogP contribution < -0.4 is 0 Å². The fourth-order valence-corrected chi connectivity index (χ4v) is 6.16. The van der Waals surface area contributed by atoms with Gasteiger partial charge in [0.2, 0.25) is 5.91 Å². The highest BCUT2D eigenvalue weighted by Crippen LogP contribution is 2.37. The lowest BCUT2D eigenvalue weighted by Crippen LogP contribution is -2.57. The number of hydrogen-bond acceptors (Lipinski definition) is 6. The number of halogens is 1. The Balaban J connectivity index is 1.26. The molecule has 2 aliphatic rings. The van der Waals surface area contributed by atoms with Crippen LogP contribution in [0, 0.1) is 15.9 Å². The van der Waals surface area contributed by atoms with Crippen molar-refractivity contribution in [1.29, 1.82) is 0 Å². The van der Waals surface area contributed by atoms with E-state index in [4.69, 9.17) is 0 Å². The zero-order valence-corrected chi connectivity index (χ0v) is 21.2. The molecule has 192 valence electrons. The molecule has 1 saturated heterocycles. The molecular weight excluding hydrogens is 495 g/mol. The van der Waals surface area contributed by atoms with Gasteiger partial charge in [-0.25, -0.2) is 4.39 Å². The van der Waals surface area contributed by atoms with E-state index in [9.17, 15) is 24.1 Å². The molecule has 0 spiro atoms. The van der Waals surface area contributed by atoms with Crippen molar-refractivity contribution in [2.75, 3.05) is 32.7 Å². The summed E-state index contributed by atoms with van der Waals surface area (Å²) in [5.74, 6) is -0.523. The Hall–Kier alpha value is -3.63. The third-order valence-corrected chi connectivity index (χ3v) is 8.13. The second-order valence-electron chi connectivity index (χ2n) is 9.47. The number of rotatable bonds is 5. The fraction of sp³-hybridized carbons (Fsp3) is 0.333. The predicted molar refractivity (Wildman–Crippen MR) is 138 cm³/mol. The van der Waals surface area contributed by atoms with Crippen molar-refractivity contribution in [2.45, 2.75) is 25.4 Å². The van der Waals surface area contributed by atoms with Gasteiger partial charge in [0.15, 0.2) is 0 Å². The monoisotopic (exact) mass is 522 g/mol. The van der Waals surface area contributed by atoms with Crippen LogP contribution in [-0.2, 0) is 11.2 Å². The molecule has 0 N–H and O–H groups in total. The van der Waals surface area contributed by atoms with Gasteiger partial charge < -0.3 is 9.80 Å². The van der Waals surface area contributed by atoms with E-state index in [1.54, 1.807) is 33.3 Å². The Bertz CT molecular complexity index is 1330. The number of amides is 2. The van der Waals surface area contributed by atoms with Crippen LogP contribution in [0.1, 0.15) is 39.3 Å². The highest BCUT2D eigenvalue weighted by atomic mass is 32.1. The van der Waals surface area contributed by atoms with E-state index in [0.717, 1.165) is 17.5 Å². The summed E-state index contributed by atoms with van der Waals surface area (Å²) < 4.78 is 14.1. The molecule has 1 fully saturated rings. The number of hydrogen-bond donors (Lipinski definition) is 0. The standard InChI is InChI=1S/C27H27FN4O4S/c1-18-16-29(12-13-31(18)27(34)19-5-7-22(8-6-19)32(35)36)25(33)17-30-11-9-24-23(10-14-37-24)26(30)20-3-2-4-21(28)15-20/h2-8,10,14-15,18,26H,9,11-13,16-17H2,1H3/t18-,26+/m1/s1. The van der Waals surface area contributed by atoms with Crippen molar-refractivity contribution >= 4 is 28.8 Å². The normalized spacial score (nSPS) is 19.9. The maximum Gasteiger partial charge on any atom is 0.269 e. The van der Waals surface area contributed by atoms with E-state index < -0.39 is 4.92 Å². The molecule has 0 aliphatic carbocycles. The quantitative estimate of drug-likeness (QED) is 0.372. The third-order valence-electron chi connectivity index (χ3n) is 7.13.